The molecule has 2 nitrogen and oxygen atoms in total. The summed E-state index contributed by atoms with van der Waals surface area (Å²) in [6.45, 7) is 4.05. The maximum Gasteiger partial charge on any atom is 0.0589 e. The summed E-state index contributed by atoms with van der Waals surface area (Å²) in [6.07, 6.45) is 11.2. The van der Waals surface area contributed by atoms with Crippen molar-refractivity contribution in [1.82, 2.24) is 5.32 Å². The van der Waals surface area contributed by atoms with Gasteiger partial charge in [-0.05, 0) is 19.3 Å². The van der Waals surface area contributed by atoms with Gasteiger partial charge in [-0.1, -0.05) is 13.3 Å². The second kappa shape index (κ2) is 6.86. The SMILES string of the molecule is C#CCCNC1CCOC(CCC)C1. The van der Waals surface area contributed by atoms with Crippen molar-refractivity contribution in [3.8, 4) is 12.3 Å². The lowest BCUT2D eigenvalue weighted by atomic mass is 10.00. The van der Waals surface area contributed by atoms with E-state index in [2.05, 4.69) is 18.2 Å². The van der Waals surface area contributed by atoms with Crippen LogP contribution in [0.1, 0.15) is 39.0 Å². The Hall–Kier alpha value is -0.520. The third-order valence-electron chi connectivity index (χ3n) is 2.68. The molecule has 0 amide bonds. The lowest BCUT2D eigenvalue weighted by molar-refractivity contribution is -0.00295. The molecule has 0 radical (unpaired) electrons. The zero-order valence-electron chi connectivity index (χ0n) is 9.09. The Morgan fingerprint density at radius 3 is 3.14 bits per heavy atom. The van der Waals surface area contributed by atoms with Crippen molar-refractivity contribution >= 4 is 0 Å². The minimum atomic E-state index is 0.470. The molecule has 0 spiro atoms. The molecule has 80 valence electrons. The summed E-state index contributed by atoms with van der Waals surface area (Å²) < 4.78 is 5.67. The van der Waals surface area contributed by atoms with Gasteiger partial charge in [0.2, 0.25) is 0 Å². The van der Waals surface area contributed by atoms with Gasteiger partial charge in [-0.3, -0.25) is 0 Å². The monoisotopic (exact) mass is 195 g/mol. The minimum absolute atomic E-state index is 0.470. The summed E-state index contributed by atoms with van der Waals surface area (Å²) in [5, 5.41) is 3.49. The highest BCUT2D eigenvalue weighted by Crippen LogP contribution is 2.17. The smallest absolute Gasteiger partial charge is 0.0589 e. The first-order chi connectivity index (χ1) is 6.86. The van der Waals surface area contributed by atoms with E-state index in [4.69, 9.17) is 11.2 Å². The molecule has 1 saturated heterocycles. The Kier molecular flexibility index (Phi) is 5.66. The quantitative estimate of drug-likeness (QED) is 0.535. The third kappa shape index (κ3) is 4.13. The van der Waals surface area contributed by atoms with Crippen molar-refractivity contribution in [3.05, 3.63) is 0 Å². The molecule has 0 aromatic heterocycles. The molecular formula is C12H21NO. The predicted molar refractivity (Wildman–Crippen MR) is 59.1 cm³/mol. The lowest BCUT2D eigenvalue weighted by Gasteiger charge is -2.30. The molecule has 1 aliphatic heterocycles. The van der Waals surface area contributed by atoms with Gasteiger partial charge in [-0.15, -0.1) is 12.3 Å². The van der Waals surface area contributed by atoms with Gasteiger partial charge < -0.3 is 10.1 Å². The lowest BCUT2D eigenvalue weighted by Crippen LogP contribution is -2.39. The van der Waals surface area contributed by atoms with E-state index in [0.717, 1.165) is 32.4 Å². The Balaban J connectivity index is 2.16. The maximum absolute atomic E-state index is 5.67. The van der Waals surface area contributed by atoms with Crippen LogP contribution in [0.25, 0.3) is 0 Å². The van der Waals surface area contributed by atoms with Gasteiger partial charge >= 0.3 is 0 Å². The summed E-state index contributed by atoms with van der Waals surface area (Å²) in [4.78, 5) is 0. The van der Waals surface area contributed by atoms with Crippen LogP contribution in [0.4, 0.5) is 0 Å². The van der Waals surface area contributed by atoms with Gasteiger partial charge in [0, 0.05) is 25.6 Å². The molecule has 1 rings (SSSR count). The molecule has 1 fully saturated rings. The molecule has 0 aliphatic carbocycles. The van der Waals surface area contributed by atoms with Gasteiger partial charge in [0.05, 0.1) is 6.10 Å². The Morgan fingerprint density at radius 2 is 2.43 bits per heavy atom. The van der Waals surface area contributed by atoms with Crippen molar-refractivity contribution in [2.24, 2.45) is 0 Å². The number of nitrogens with one attached hydrogen (secondary N) is 1. The van der Waals surface area contributed by atoms with Crippen LogP contribution in [0.15, 0.2) is 0 Å². The van der Waals surface area contributed by atoms with Gasteiger partial charge in [-0.25, -0.2) is 0 Å². The summed E-state index contributed by atoms with van der Waals surface area (Å²) in [5.74, 6) is 2.65. The first-order valence-corrected chi connectivity index (χ1v) is 5.65. The zero-order chi connectivity index (χ0) is 10.2. The van der Waals surface area contributed by atoms with Gasteiger partial charge in [0.1, 0.15) is 0 Å². The topological polar surface area (TPSA) is 21.3 Å². The van der Waals surface area contributed by atoms with Gasteiger partial charge in [-0.2, -0.15) is 0 Å². The minimum Gasteiger partial charge on any atom is -0.378 e. The Labute approximate surface area is 87.4 Å². The molecule has 0 bridgehead atoms. The standard InChI is InChI=1S/C12H21NO/c1-3-5-8-13-11-7-9-14-12(10-11)6-4-2/h1,11-13H,4-10H2,2H3. The fraction of sp³-hybridized carbons (Fsp3) is 0.833. The molecule has 1 N–H and O–H groups in total. The van der Waals surface area contributed by atoms with Crippen LogP contribution in [0, 0.1) is 12.3 Å². The molecule has 2 unspecified atom stereocenters. The van der Waals surface area contributed by atoms with E-state index >= 15 is 0 Å². The fourth-order valence-electron chi connectivity index (χ4n) is 1.94. The van der Waals surface area contributed by atoms with E-state index in [9.17, 15) is 0 Å². The number of rotatable bonds is 5. The van der Waals surface area contributed by atoms with E-state index in [-0.39, 0.29) is 0 Å². The summed E-state index contributed by atoms with van der Waals surface area (Å²) in [7, 11) is 0. The second-order valence-electron chi connectivity index (χ2n) is 3.91. The predicted octanol–water partition coefficient (Wildman–Crippen LogP) is 1.95. The van der Waals surface area contributed by atoms with Crippen molar-refractivity contribution < 1.29 is 4.74 Å². The van der Waals surface area contributed by atoms with E-state index in [1.54, 1.807) is 0 Å². The van der Waals surface area contributed by atoms with E-state index in [1.165, 1.54) is 12.8 Å². The molecule has 1 heterocycles. The number of ether oxygens (including phenoxy) is 1. The highest BCUT2D eigenvalue weighted by atomic mass is 16.5. The van der Waals surface area contributed by atoms with Crippen LogP contribution in [0.5, 0.6) is 0 Å². The normalized spacial score (nSPS) is 27.1. The molecule has 2 atom stereocenters. The van der Waals surface area contributed by atoms with Crippen LogP contribution in [-0.4, -0.2) is 25.3 Å². The molecule has 14 heavy (non-hydrogen) atoms. The largest absolute Gasteiger partial charge is 0.378 e. The highest BCUT2D eigenvalue weighted by molar-refractivity contribution is 4.85. The van der Waals surface area contributed by atoms with E-state index < -0.39 is 0 Å². The van der Waals surface area contributed by atoms with Crippen LogP contribution < -0.4 is 5.32 Å². The van der Waals surface area contributed by atoms with Crippen LogP contribution in [-0.2, 0) is 4.74 Å². The van der Waals surface area contributed by atoms with E-state index in [1.807, 2.05) is 0 Å². The second-order valence-corrected chi connectivity index (χ2v) is 3.91. The molecular weight excluding hydrogens is 174 g/mol. The maximum atomic E-state index is 5.67. The molecule has 0 saturated carbocycles. The Bertz CT molecular complexity index is 183. The molecule has 0 aromatic rings. The van der Waals surface area contributed by atoms with Crippen molar-refractivity contribution in [2.45, 2.75) is 51.2 Å². The summed E-state index contributed by atoms with van der Waals surface area (Å²) in [6, 6.07) is 0.619. The third-order valence-corrected chi connectivity index (χ3v) is 2.68. The molecule has 2 heteroatoms. The average Bonchev–Trinajstić information content (AvgIpc) is 2.19. The Morgan fingerprint density at radius 1 is 1.57 bits per heavy atom. The summed E-state index contributed by atoms with van der Waals surface area (Å²) in [5.41, 5.74) is 0. The molecule has 0 aromatic carbocycles. The van der Waals surface area contributed by atoms with Crippen LogP contribution in [0.3, 0.4) is 0 Å². The van der Waals surface area contributed by atoms with Crippen LogP contribution in [0.2, 0.25) is 0 Å². The van der Waals surface area contributed by atoms with Gasteiger partial charge in [0.15, 0.2) is 0 Å². The van der Waals surface area contributed by atoms with E-state index in [0.29, 0.717) is 12.1 Å². The van der Waals surface area contributed by atoms with Crippen molar-refractivity contribution in [3.63, 3.8) is 0 Å². The van der Waals surface area contributed by atoms with Crippen molar-refractivity contribution in [2.75, 3.05) is 13.2 Å². The number of hydrogen-bond acceptors (Lipinski definition) is 2. The highest BCUT2D eigenvalue weighted by Gasteiger charge is 2.20. The van der Waals surface area contributed by atoms with Gasteiger partial charge in [0.25, 0.3) is 0 Å². The average molecular weight is 195 g/mol. The molecule has 1 aliphatic rings. The number of terminal acetylenes is 1. The summed E-state index contributed by atoms with van der Waals surface area (Å²) >= 11 is 0. The first-order valence-electron chi connectivity index (χ1n) is 5.65. The first kappa shape index (κ1) is 11.6. The fourth-order valence-corrected chi connectivity index (χ4v) is 1.94. The van der Waals surface area contributed by atoms with Crippen molar-refractivity contribution in [1.29, 1.82) is 0 Å². The zero-order valence-corrected chi connectivity index (χ0v) is 9.09. The van der Waals surface area contributed by atoms with Crippen LogP contribution >= 0.6 is 0 Å². The number of hydrogen-bond donors (Lipinski definition) is 1.